The number of aromatic amines is 2. The Bertz CT molecular complexity index is 1810. The number of thiophene rings is 1. The molecule has 0 unspecified atom stereocenters. The molecule has 1 aliphatic rings. The lowest BCUT2D eigenvalue weighted by Crippen LogP contribution is -2.28. The maximum absolute atomic E-state index is 4.64. The normalized spacial score (nSPS) is 15.8. The van der Waals surface area contributed by atoms with Crippen LogP contribution in [-0.2, 0) is 0 Å². The molecule has 4 heterocycles. The van der Waals surface area contributed by atoms with Crippen LogP contribution in [-0.4, -0.2) is 28.3 Å². The van der Waals surface area contributed by atoms with E-state index in [0.29, 0.717) is 5.92 Å². The predicted molar refractivity (Wildman–Crippen MR) is 197 cm³/mol. The summed E-state index contributed by atoms with van der Waals surface area (Å²) in [5.41, 5.74) is 10.2. The Morgan fingerprint density at radius 3 is 2.49 bits per heavy atom. The van der Waals surface area contributed by atoms with Crippen molar-refractivity contribution in [2.75, 3.05) is 13.1 Å². The second-order valence-electron chi connectivity index (χ2n) is 11.6. The molecule has 0 radical (unpaired) electrons. The van der Waals surface area contributed by atoms with E-state index in [4.69, 9.17) is 0 Å². The summed E-state index contributed by atoms with van der Waals surface area (Å²) in [5, 5.41) is 16.4. The van der Waals surface area contributed by atoms with E-state index >= 15 is 0 Å². The third-order valence-electron chi connectivity index (χ3n) is 8.15. The third kappa shape index (κ3) is 8.41. The maximum Gasteiger partial charge on any atom is 0.116 e. The molecule has 1 fully saturated rings. The van der Waals surface area contributed by atoms with Crippen molar-refractivity contribution in [1.82, 2.24) is 25.8 Å². The van der Waals surface area contributed by atoms with E-state index in [-0.39, 0.29) is 0 Å². The van der Waals surface area contributed by atoms with Crippen molar-refractivity contribution in [2.24, 2.45) is 5.92 Å². The number of nitrogens with zero attached hydrogens (tertiary/aromatic N) is 1. The zero-order valence-electron chi connectivity index (χ0n) is 27.3. The van der Waals surface area contributed by atoms with E-state index in [1.807, 2.05) is 32.1 Å². The zero-order valence-corrected chi connectivity index (χ0v) is 28.1. The van der Waals surface area contributed by atoms with Crippen LogP contribution >= 0.6 is 11.3 Å². The lowest BCUT2D eigenvalue weighted by molar-refractivity contribution is 0.368. The first kappa shape index (κ1) is 33.5. The highest BCUT2D eigenvalue weighted by Crippen LogP contribution is 2.35. The Balaban J connectivity index is 1.55. The van der Waals surface area contributed by atoms with Crippen molar-refractivity contribution in [1.29, 1.82) is 0 Å². The Morgan fingerprint density at radius 1 is 1.11 bits per heavy atom. The van der Waals surface area contributed by atoms with Gasteiger partial charge in [0.15, 0.2) is 0 Å². The largest absolute Gasteiger partial charge is 0.359 e. The van der Waals surface area contributed by atoms with E-state index in [9.17, 15) is 0 Å². The van der Waals surface area contributed by atoms with Gasteiger partial charge in [0.25, 0.3) is 0 Å². The summed E-state index contributed by atoms with van der Waals surface area (Å²) in [6, 6.07) is 6.41. The predicted octanol–water partition coefficient (Wildman–Crippen LogP) is 8.07. The molecule has 4 N–H and O–H groups in total. The molecule has 3 aromatic heterocycles. The van der Waals surface area contributed by atoms with Crippen molar-refractivity contribution in [2.45, 2.75) is 47.0 Å². The topological polar surface area (TPSA) is 68.5 Å². The van der Waals surface area contributed by atoms with E-state index < -0.39 is 0 Å². The van der Waals surface area contributed by atoms with Crippen LogP contribution in [0.4, 0.5) is 0 Å². The molecule has 234 valence electrons. The Hall–Kier alpha value is -4.39. The lowest BCUT2D eigenvalue weighted by atomic mass is 9.93. The summed E-state index contributed by atoms with van der Waals surface area (Å²) in [6.45, 7) is 31.2. The van der Waals surface area contributed by atoms with Gasteiger partial charge in [0.1, 0.15) is 5.69 Å². The molecule has 0 spiro atoms. The zero-order chi connectivity index (χ0) is 32.5. The number of aryl methyl sites for hydroxylation is 1. The maximum atomic E-state index is 4.64. The lowest BCUT2D eigenvalue weighted by Gasteiger charge is -2.24. The van der Waals surface area contributed by atoms with Gasteiger partial charge in [-0.15, -0.1) is 11.3 Å². The van der Waals surface area contributed by atoms with Gasteiger partial charge in [-0.3, -0.25) is 5.10 Å². The Labute approximate surface area is 272 Å². The average Bonchev–Trinajstić information content (AvgIpc) is 3.76. The highest BCUT2D eigenvalue weighted by atomic mass is 32.1. The monoisotopic (exact) mass is 617 g/mol. The summed E-state index contributed by atoms with van der Waals surface area (Å²) in [7, 11) is 0. The fraction of sp³-hybridized carbons (Fsp3) is 0.256. The molecule has 0 saturated carbocycles. The molecule has 5 nitrogen and oxygen atoms in total. The SMILES string of the molecule is C=C/C=C(/c1ccc(C(=C)C)s1)c1cc(-c2n[nH]/c(=C/C=C(C)/C(/C=C(\C=C)NC(=C)CC3CCNCC3)=C/C)c2=C)[nH]c1C. The number of aromatic nitrogens is 3. The molecule has 0 atom stereocenters. The minimum absolute atomic E-state index is 0.675. The second-order valence-corrected chi connectivity index (χ2v) is 12.7. The van der Waals surface area contributed by atoms with E-state index in [1.54, 1.807) is 11.3 Å². The van der Waals surface area contributed by atoms with Gasteiger partial charge in [0.2, 0.25) is 0 Å². The van der Waals surface area contributed by atoms with Gasteiger partial charge in [-0.1, -0.05) is 57.2 Å². The highest BCUT2D eigenvalue weighted by molar-refractivity contribution is 7.14. The van der Waals surface area contributed by atoms with Crippen molar-refractivity contribution in [3.63, 3.8) is 0 Å². The standard InChI is InChI=1S/C39H47N5S/c1-10-13-33(38-17-16-37(45-38)25(4)5)34-24-36(42-29(34)9)39-28(8)35(43-44-39)15-14-26(6)31(11-2)23-32(12-3)41-27(7)22-30-18-20-40-21-19-30/h10-17,23-24,30,40-43H,1,3-4,7-8,18-22H2,2,5-6,9H3/b26-14+,31-11+,32-23+,33-13+,35-15+. The smallest absolute Gasteiger partial charge is 0.116 e. The fourth-order valence-corrected chi connectivity index (χ4v) is 6.54. The number of hydrogen-bond acceptors (Lipinski definition) is 4. The van der Waals surface area contributed by atoms with Crippen LogP contribution in [0, 0.1) is 12.8 Å². The molecule has 0 aliphatic carbocycles. The quantitative estimate of drug-likeness (QED) is 0.147. The van der Waals surface area contributed by atoms with Gasteiger partial charge in [0.05, 0.1) is 11.0 Å². The fourth-order valence-electron chi connectivity index (χ4n) is 5.57. The van der Waals surface area contributed by atoms with Crippen LogP contribution in [0.3, 0.4) is 0 Å². The van der Waals surface area contributed by atoms with Crippen molar-refractivity contribution in [3.8, 4) is 11.4 Å². The van der Waals surface area contributed by atoms with Crippen LogP contribution in [0.2, 0.25) is 0 Å². The van der Waals surface area contributed by atoms with E-state index in [2.05, 4.69) is 115 Å². The molecule has 45 heavy (non-hydrogen) atoms. The molecule has 1 saturated heterocycles. The van der Waals surface area contributed by atoms with Gasteiger partial charge < -0.3 is 15.6 Å². The van der Waals surface area contributed by atoms with Gasteiger partial charge in [0, 0.05) is 43.2 Å². The van der Waals surface area contributed by atoms with Gasteiger partial charge >= 0.3 is 0 Å². The first-order valence-electron chi connectivity index (χ1n) is 15.5. The first-order valence-corrected chi connectivity index (χ1v) is 16.3. The molecule has 0 aromatic carbocycles. The number of nitrogens with one attached hydrogen (secondary N) is 4. The van der Waals surface area contributed by atoms with Crippen molar-refractivity contribution in [3.05, 3.63) is 135 Å². The molecule has 4 rings (SSSR count). The second kappa shape index (κ2) is 15.6. The van der Waals surface area contributed by atoms with Crippen LogP contribution in [0.15, 0.2) is 104 Å². The van der Waals surface area contributed by atoms with Gasteiger partial charge in [-0.25, -0.2) is 0 Å². The van der Waals surface area contributed by atoms with Crippen LogP contribution in [0.1, 0.15) is 61.0 Å². The summed E-state index contributed by atoms with van der Waals surface area (Å²) < 4.78 is 0. The van der Waals surface area contributed by atoms with Crippen LogP contribution in [0.25, 0.3) is 35.2 Å². The van der Waals surface area contributed by atoms with Crippen molar-refractivity contribution >= 4 is 35.1 Å². The highest BCUT2D eigenvalue weighted by Gasteiger charge is 2.16. The molecule has 3 aromatic rings. The summed E-state index contributed by atoms with van der Waals surface area (Å²) in [5.74, 6) is 0.675. The molecular weight excluding hydrogens is 571 g/mol. The number of H-pyrrole nitrogens is 2. The first-order chi connectivity index (χ1) is 21.6. The molecule has 0 bridgehead atoms. The molecule has 0 amide bonds. The Morgan fingerprint density at radius 2 is 1.84 bits per heavy atom. The summed E-state index contributed by atoms with van der Waals surface area (Å²) in [4.78, 5) is 5.88. The van der Waals surface area contributed by atoms with E-state index in [0.717, 1.165) is 86.4 Å². The molecule has 1 aliphatic heterocycles. The van der Waals surface area contributed by atoms with Crippen LogP contribution < -0.4 is 21.2 Å². The van der Waals surface area contributed by atoms with Gasteiger partial charge in [-0.05, 0) is 119 Å². The van der Waals surface area contributed by atoms with Gasteiger partial charge in [-0.2, -0.15) is 5.10 Å². The van der Waals surface area contributed by atoms with Crippen molar-refractivity contribution < 1.29 is 0 Å². The number of allylic oxidation sites excluding steroid dienone is 10. The number of piperidine rings is 1. The molecular formula is C39H47N5S. The average molecular weight is 618 g/mol. The number of hydrogen-bond donors (Lipinski definition) is 4. The molecule has 6 heteroatoms. The van der Waals surface area contributed by atoms with Crippen LogP contribution in [0.5, 0.6) is 0 Å². The minimum atomic E-state index is 0.675. The van der Waals surface area contributed by atoms with E-state index in [1.165, 1.54) is 22.6 Å². The summed E-state index contributed by atoms with van der Waals surface area (Å²) >= 11 is 1.73. The third-order valence-corrected chi connectivity index (χ3v) is 9.43. The number of rotatable bonds is 13. The minimum Gasteiger partial charge on any atom is -0.359 e. The Kier molecular flexibility index (Phi) is 11.6. The summed E-state index contributed by atoms with van der Waals surface area (Å²) in [6.07, 6.45) is 17.5.